The van der Waals surface area contributed by atoms with E-state index in [9.17, 15) is 14.8 Å². The van der Waals surface area contributed by atoms with Crippen LogP contribution in [0.15, 0.2) is 43.0 Å². The molecule has 1 N–H and O–H groups in total. The van der Waals surface area contributed by atoms with E-state index in [1.807, 2.05) is 30.8 Å². The summed E-state index contributed by atoms with van der Waals surface area (Å²) < 4.78 is 23.1. The Morgan fingerprint density at radius 2 is 2.03 bits per heavy atom. The van der Waals surface area contributed by atoms with E-state index in [0.29, 0.717) is 22.5 Å². The van der Waals surface area contributed by atoms with Gasteiger partial charge in [0, 0.05) is 23.0 Å². The highest BCUT2D eigenvalue weighted by molar-refractivity contribution is 5.76. The predicted molar refractivity (Wildman–Crippen MR) is 123 cm³/mol. The zero-order valence-electron chi connectivity index (χ0n) is 19.0. The van der Waals surface area contributed by atoms with Crippen LogP contribution in [0, 0.1) is 24.1 Å². The van der Waals surface area contributed by atoms with Crippen molar-refractivity contribution in [2.24, 2.45) is 0 Å². The number of aliphatic hydroxyl groups is 1. The summed E-state index contributed by atoms with van der Waals surface area (Å²) in [5, 5.41) is 29.0. The first-order chi connectivity index (χ1) is 16.5. The van der Waals surface area contributed by atoms with Crippen LogP contribution >= 0.6 is 0 Å². The number of hydrogen-bond acceptors (Lipinski definition) is 6. The van der Waals surface area contributed by atoms with Crippen LogP contribution in [0.5, 0.6) is 5.75 Å². The van der Waals surface area contributed by atoms with Crippen molar-refractivity contribution in [3.8, 4) is 22.9 Å². The van der Waals surface area contributed by atoms with Crippen molar-refractivity contribution in [3.05, 3.63) is 65.8 Å². The summed E-state index contributed by atoms with van der Waals surface area (Å²) in [6, 6.07) is 6.90. The van der Waals surface area contributed by atoms with Crippen molar-refractivity contribution in [2.45, 2.75) is 57.8 Å². The van der Waals surface area contributed by atoms with Crippen LogP contribution in [0.4, 0.5) is 4.39 Å². The summed E-state index contributed by atoms with van der Waals surface area (Å²) in [5.74, 6) is 0.0495. The van der Waals surface area contributed by atoms with Crippen molar-refractivity contribution < 1.29 is 14.2 Å². The first-order valence-corrected chi connectivity index (χ1v) is 11.4. The molecule has 9 heteroatoms. The molecule has 4 heterocycles. The number of hydrogen-bond donors (Lipinski definition) is 1. The summed E-state index contributed by atoms with van der Waals surface area (Å²) >= 11 is 0. The number of ether oxygens (including phenoxy) is 1. The molecule has 8 nitrogen and oxygen atoms in total. The van der Waals surface area contributed by atoms with Crippen LogP contribution in [0.1, 0.15) is 61.7 Å². The fraction of sp³-hybridized carbons (Fsp3) is 0.360. The second-order valence-electron chi connectivity index (χ2n) is 8.72. The Morgan fingerprint density at radius 3 is 2.76 bits per heavy atom. The fourth-order valence-corrected chi connectivity index (χ4v) is 4.70. The van der Waals surface area contributed by atoms with E-state index < -0.39 is 18.0 Å². The standard InChI is InChI=1S/C25H25FN6O2/c1-15-20(13-30-32(15)22-5-3-4-6-23(22)33)17-9-24(25-18(10-27)11-29-31(25)14-17)34-16(2)21-8-7-19(26)12-28-21/h7-9,11-14,16,22-23,33H,3-6H2,1-2H3/t16-,22+,23+/m1/s1. The third kappa shape index (κ3) is 3.90. The Bertz CT molecular complexity index is 1370. The second kappa shape index (κ2) is 8.88. The molecule has 1 saturated carbocycles. The van der Waals surface area contributed by atoms with Gasteiger partial charge in [0.05, 0.1) is 36.4 Å². The van der Waals surface area contributed by atoms with E-state index in [4.69, 9.17) is 4.74 Å². The van der Waals surface area contributed by atoms with Crippen LogP contribution in [0.2, 0.25) is 0 Å². The number of fused-ring (bicyclic) bond motifs is 1. The molecule has 34 heavy (non-hydrogen) atoms. The van der Waals surface area contributed by atoms with Gasteiger partial charge in [-0.15, -0.1) is 0 Å². The third-order valence-electron chi connectivity index (χ3n) is 6.53. The van der Waals surface area contributed by atoms with Gasteiger partial charge in [0.25, 0.3) is 0 Å². The number of aliphatic hydroxyl groups excluding tert-OH is 1. The highest BCUT2D eigenvalue weighted by Crippen LogP contribution is 2.36. The Morgan fingerprint density at radius 1 is 1.21 bits per heavy atom. The summed E-state index contributed by atoms with van der Waals surface area (Å²) in [6.45, 7) is 3.81. The highest BCUT2D eigenvalue weighted by atomic mass is 19.1. The first kappa shape index (κ1) is 22.0. The third-order valence-corrected chi connectivity index (χ3v) is 6.53. The minimum absolute atomic E-state index is 0.0404. The molecule has 1 fully saturated rings. The van der Waals surface area contributed by atoms with Gasteiger partial charge >= 0.3 is 0 Å². The first-order valence-electron chi connectivity index (χ1n) is 11.4. The molecule has 0 amide bonds. The van der Waals surface area contributed by atoms with Crippen LogP contribution in [-0.2, 0) is 0 Å². The smallest absolute Gasteiger partial charge is 0.148 e. The van der Waals surface area contributed by atoms with Gasteiger partial charge in [-0.3, -0.25) is 9.67 Å². The van der Waals surface area contributed by atoms with Crippen molar-refractivity contribution in [2.75, 3.05) is 0 Å². The van der Waals surface area contributed by atoms with Crippen molar-refractivity contribution >= 4 is 5.52 Å². The molecule has 0 aromatic carbocycles. The molecule has 1 aliphatic carbocycles. The molecule has 0 bridgehead atoms. The molecule has 3 atom stereocenters. The fourth-order valence-electron chi connectivity index (χ4n) is 4.70. The lowest BCUT2D eigenvalue weighted by Crippen LogP contribution is -2.28. The molecule has 0 unspecified atom stereocenters. The molecule has 5 rings (SSSR count). The maximum atomic E-state index is 13.3. The number of rotatable bonds is 5. The zero-order chi connectivity index (χ0) is 23.8. The average Bonchev–Trinajstić information content (AvgIpc) is 3.43. The van der Waals surface area contributed by atoms with Crippen LogP contribution in [0.25, 0.3) is 16.6 Å². The molecule has 4 aromatic rings. The van der Waals surface area contributed by atoms with Gasteiger partial charge in [-0.1, -0.05) is 12.8 Å². The van der Waals surface area contributed by atoms with Crippen LogP contribution in [0.3, 0.4) is 0 Å². The maximum absolute atomic E-state index is 13.3. The van der Waals surface area contributed by atoms with Gasteiger partial charge in [0.15, 0.2) is 0 Å². The van der Waals surface area contributed by atoms with Crippen molar-refractivity contribution in [1.29, 1.82) is 5.26 Å². The lowest BCUT2D eigenvalue weighted by Gasteiger charge is -2.28. The normalized spacial score (nSPS) is 19.1. The van der Waals surface area contributed by atoms with E-state index in [1.165, 1.54) is 12.3 Å². The topological polar surface area (TPSA) is 101 Å². The number of aromatic nitrogens is 5. The molecule has 0 spiro atoms. The lowest BCUT2D eigenvalue weighted by atomic mass is 9.92. The van der Waals surface area contributed by atoms with Crippen molar-refractivity contribution in [3.63, 3.8) is 0 Å². The molecule has 174 valence electrons. The summed E-state index contributed by atoms with van der Waals surface area (Å²) in [5.41, 5.74) is 4.16. The van der Waals surface area contributed by atoms with Gasteiger partial charge in [-0.2, -0.15) is 15.5 Å². The minimum atomic E-state index is -0.484. The molecule has 1 aliphatic rings. The number of nitriles is 1. The zero-order valence-corrected chi connectivity index (χ0v) is 19.0. The summed E-state index contributed by atoms with van der Waals surface area (Å²) in [6.07, 6.45) is 9.17. The van der Waals surface area contributed by atoms with E-state index in [1.54, 1.807) is 16.8 Å². The molecular weight excluding hydrogens is 435 g/mol. The number of halogens is 1. The van der Waals surface area contributed by atoms with Crippen LogP contribution in [-0.4, -0.2) is 35.6 Å². The van der Waals surface area contributed by atoms with Gasteiger partial charge in [0.2, 0.25) is 0 Å². The maximum Gasteiger partial charge on any atom is 0.148 e. The minimum Gasteiger partial charge on any atom is -0.482 e. The Balaban J connectivity index is 1.56. The lowest BCUT2D eigenvalue weighted by molar-refractivity contribution is 0.0684. The summed E-state index contributed by atoms with van der Waals surface area (Å²) in [7, 11) is 0. The molecule has 0 saturated heterocycles. The summed E-state index contributed by atoms with van der Waals surface area (Å²) in [4.78, 5) is 4.12. The quantitative estimate of drug-likeness (QED) is 0.470. The Hall–Kier alpha value is -3.77. The SMILES string of the molecule is Cc1c(-c2cc(O[C@H](C)c3ccc(F)cn3)c3c(C#N)cnn3c2)cnn1[C@H]1CCCC[C@@H]1O. The Kier molecular flexibility index (Phi) is 5.75. The molecular formula is C25H25FN6O2. The average molecular weight is 461 g/mol. The van der Waals surface area contributed by atoms with Crippen molar-refractivity contribution in [1.82, 2.24) is 24.4 Å². The monoisotopic (exact) mass is 460 g/mol. The largest absolute Gasteiger partial charge is 0.482 e. The molecule has 4 aromatic heterocycles. The molecule has 0 aliphatic heterocycles. The van der Waals surface area contributed by atoms with Gasteiger partial charge in [-0.05, 0) is 44.9 Å². The van der Waals surface area contributed by atoms with Gasteiger partial charge in [0.1, 0.15) is 34.8 Å². The predicted octanol–water partition coefficient (Wildman–Crippen LogP) is 4.53. The van der Waals surface area contributed by atoms with Gasteiger partial charge < -0.3 is 9.84 Å². The second-order valence-corrected chi connectivity index (χ2v) is 8.72. The van der Waals surface area contributed by atoms with E-state index in [-0.39, 0.29) is 6.04 Å². The van der Waals surface area contributed by atoms with Crippen LogP contribution < -0.4 is 4.74 Å². The van der Waals surface area contributed by atoms with E-state index in [0.717, 1.165) is 48.7 Å². The number of pyridine rings is 2. The number of nitrogens with zero attached hydrogens (tertiary/aromatic N) is 6. The highest BCUT2D eigenvalue weighted by Gasteiger charge is 2.27. The van der Waals surface area contributed by atoms with Gasteiger partial charge in [-0.25, -0.2) is 8.91 Å². The van der Waals surface area contributed by atoms with E-state index in [2.05, 4.69) is 21.3 Å². The molecule has 0 radical (unpaired) electrons. The van der Waals surface area contributed by atoms with E-state index >= 15 is 0 Å². The Labute approximate surface area is 196 Å².